The highest BCUT2D eigenvalue weighted by Crippen LogP contribution is 2.12. The molecule has 0 N–H and O–H groups in total. The molecular weight excluding hydrogens is 320 g/mol. The fourth-order valence-electron chi connectivity index (χ4n) is 1.76. The van der Waals surface area contributed by atoms with Gasteiger partial charge in [0.2, 0.25) is 0 Å². The first-order valence-corrected chi connectivity index (χ1v) is 8.69. The van der Waals surface area contributed by atoms with E-state index >= 15 is 0 Å². The number of esters is 1. The summed E-state index contributed by atoms with van der Waals surface area (Å²) in [6.07, 6.45) is 0.259. The van der Waals surface area contributed by atoms with Gasteiger partial charge in [0.05, 0.1) is 22.9 Å². The lowest BCUT2D eigenvalue weighted by atomic mass is 10.2. The number of nitriles is 1. The monoisotopic (exact) mass is 338 g/mol. The fraction of sp³-hybridized carbons (Fsp3) is 0.400. The Morgan fingerprint density at radius 3 is 2.35 bits per heavy atom. The van der Waals surface area contributed by atoms with E-state index in [1.54, 1.807) is 0 Å². The number of rotatable bonds is 6. The normalized spacial score (nSPS) is 12.1. The molecule has 0 fully saturated rings. The van der Waals surface area contributed by atoms with Gasteiger partial charge in [0.15, 0.2) is 15.9 Å². The maximum absolute atomic E-state index is 12.0. The molecule has 7 nitrogen and oxygen atoms in total. The molecule has 0 aromatic heterocycles. The minimum absolute atomic E-state index is 0.0920. The Kier molecular flexibility index (Phi) is 6.28. The quantitative estimate of drug-likeness (QED) is 0.717. The third kappa shape index (κ3) is 5.38. The van der Waals surface area contributed by atoms with Crippen molar-refractivity contribution in [3.05, 3.63) is 29.8 Å². The van der Waals surface area contributed by atoms with Crippen molar-refractivity contribution in [2.75, 3.05) is 19.8 Å². The van der Waals surface area contributed by atoms with Gasteiger partial charge in [-0.15, -0.1) is 0 Å². The second-order valence-electron chi connectivity index (χ2n) is 5.01. The second-order valence-corrected chi connectivity index (χ2v) is 7.03. The van der Waals surface area contributed by atoms with Crippen LogP contribution in [0.3, 0.4) is 0 Å². The van der Waals surface area contributed by atoms with Crippen LogP contribution < -0.4 is 0 Å². The van der Waals surface area contributed by atoms with Crippen LogP contribution in [0, 0.1) is 11.3 Å². The zero-order valence-electron chi connectivity index (χ0n) is 13.1. The van der Waals surface area contributed by atoms with Gasteiger partial charge in [0, 0.05) is 19.8 Å². The van der Waals surface area contributed by atoms with Gasteiger partial charge in [-0.05, 0) is 31.2 Å². The maximum Gasteiger partial charge on any atom is 0.338 e. The summed E-state index contributed by atoms with van der Waals surface area (Å²) in [6, 6.07) is 7.19. The Morgan fingerprint density at radius 1 is 1.30 bits per heavy atom. The van der Waals surface area contributed by atoms with E-state index in [2.05, 4.69) is 0 Å². The molecule has 23 heavy (non-hydrogen) atoms. The predicted octanol–water partition coefficient (Wildman–Crippen LogP) is 1.01. The fourth-order valence-corrected chi connectivity index (χ4v) is 2.39. The predicted molar refractivity (Wildman–Crippen MR) is 82.3 cm³/mol. The van der Waals surface area contributed by atoms with Crippen molar-refractivity contribution in [1.29, 1.82) is 5.26 Å². The summed E-state index contributed by atoms with van der Waals surface area (Å²) in [7, 11) is -1.82. The van der Waals surface area contributed by atoms with Crippen molar-refractivity contribution in [2.24, 2.45) is 0 Å². The van der Waals surface area contributed by atoms with Gasteiger partial charge in [-0.2, -0.15) is 5.26 Å². The van der Waals surface area contributed by atoms with E-state index < -0.39 is 27.8 Å². The van der Waals surface area contributed by atoms with Crippen LogP contribution >= 0.6 is 0 Å². The lowest BCUT2D eigenvalue weighted by molar-refractivity contribution is -0.138. The molecule has 1 aromatic rings. The summed E-state index contributed by atoms with van der Waals surface area (Å²) in [5, 5.41) is 8.49. The first kappa shape index (κ1) is 18.6. The van der Waals surface area contributed by atoms with E-state index in [1.165, 1.54) is 43.1 Å². The number of carbonyl (C=O) groups is 2. The van der Waals surface area contributed by atoms with Crippen LogP contribution in [0.1, 0.15) is 23.7 Å². The number of ether oxygens (including phenoxy) is 1. The number of hydrogen-bond donors (Lipinski definition) is 0. The third-order valence-corrected chi connectivity index (χ3v) is 4.21. The van der Waals surface area contributed by atoms with Gasteiger partial charge in [0.1, 0.15) is 0 Å². The first-order chi connectivity index (χ1) is 10.7. The number of hydrogen-bond acceptors (Lipinski definition) is 6. The summed E-state index contributed by atoms with van der Waals surface area (Å²) >= 11 is 0. The molecule has 1 rings (SSSR count). The minimum atomic E-state index is -3.34. The van der Waals surface area contributed by atoms with E-state index in [9.17, 15) is 18.0 Å². The maximum atomic E-state index is 12.0. The molecule has 0 unspecified atom stereocenters. The summed E-state index contributed by atoms with van der Waals surface area (Å²) in [4.78, 5) is 25.3. The highest BCUT2D eigenvalue weighted by molar-refractivity contribution is 7.90. The molecule has 1 atom stereocenters. The average molecular weight is 338 g/mol. The molecule has 0 saturated heterocycles. The summed E-state index contributed by atoms with van der Waals surface area (Å²) in [5.74, 6) is -1.14. The Labute approximate surface area is 135 Å². The Morgan fingerprint density at radius 2 is 1.87 bits per heavy atom. The van der Waals surface area contributed by atoms with Crippen molar-refractivity contribution >= 4 is 21.7 Å². The highest BCUT2D eigenvalue weighted by atomic mass is 32.2. The van der Waals surface area contributed by atoms with Crippen LogP contribution in [-0.2, 0) is 19.4 Å². The van der Waals surface area contributed by atoms with Crippen LogP contribution in [0.5, 0.6) is 0 Å². The van der Waals surface area contributed by atoms with Gasteiger partial charge < -0.3 is 9.64 Å². The lowest BCUT2D eigenvalue weighted by Gasteiger charge is -2.20. The molecule has 0 radical (unpaired) electrons. The van der Waals surface area contributed by atoms with Crippen molar-refractivity contribution in [1.82, 2.24) is 4.90 Å². The van der Waals surface area contributed by atoms with E-state index in [0.29, 0.717) is 0 Å². The zero-order chi connectivity index (χ0) is 17.6. The van der Waals surface area contributed by atoms with Gasteiger partial charge in [0.25, 0.3) is 5.91 Å². The van der Waals surface area contributed by atoms with E-state index in [-0.39, 0.29) is 23.4 Å². The molecule has 0 heterocycles. The average Bonchev–Trinajstić information content (AvgIpc) is 2.50. The molecule has 0 aliphatic carbocycles. The number of nitrogens with zero attached hydrogens (tertiary/aromatic N) is 2. The Balaban J connectivity index is 2.72. The molecular formula is C15H18N2O5S. The van der Waals surface area contributed by atoms with Crippen molar-refractivity contribution in [3.8, 4) is 6.07 Å². The third-order valence-electron chi connectivity index (χ3n) is 3.08. The summed E-state index contributed by atoms with van der Waals surface area (Å²) in [5.41, 5.74) is 0.150. The van der Waals surface area contributed by atoms with Gasteiger partial charge in [-0.3, -0.25) is 4.79 Å². The molecule has 0 aliphatic heterocycles. The Hall–Kier alpha value is -2.40. The molecule has 1 aromatic carbocycles. The highest BCUT2D eigenvalue weighted by Gasteiger charge is 2.22. The number of amides is 1. The van der Waals surface area contributed by atoms with Crippen molar-refractivity contribution in [2.45, 2.75) is 24.3 Å². The van der Waals surface area contributed by atoms with Crippen molar-refractivity contribution in [3.63, 3.8) is 0 Å². The lowest BCUT2D eigenvalue weighted by Crippen LogP contribution is -2.37. The SMILES string of the molecule is C[C@@H](OC(=O)c1ccc(S(C)(=O)=O)cc1)C(=O)N(C)CCC#N. The topological polar surface area (TPSA) is 105 Å². The summed E-state index contributed by atoms with van der Waals surface area (Å²) < 4.78 is 27.8. The summed E-state index contributed by atoms with van der Waals surface area (Å²) in [6.45, 7) is 1.69. The molecule has 1 amide bonds. The number of sulfone groups is 1. The first-order valence-electron chi connectivity index (χ1n) is 6.80. The molecule has 124 valence electrons. The van der Waals surface area contributed by atoms with Crippen LogP contribution in [0.15, 0.2) is 29.2 Å². The van der Waals surface area contributed by atoms with Gasteiger partial charge in [-0.1, -0.05) is 0 Å². The van der Waals surface area contributed by atoms with Crippen LogP contribution in [0.2, 0.25) is 0 Å². The minimum Gasteiger partial charge on any atom is -0.449 e. The van der Waals surface area contributed by atoms with E-state index in [0.717, 1.165) is 6.26 Å². The second kappa shape index (κ2) is 7.74. The number of likely N-dealkylation sites (N-methyl/N-ethyl adjacent to an activating group) is 1. The molecule has 0 bridgehead atoms. The van der Waals surface area contributed by atoms with Gasteiger partial charge in [-0.25, -0.2) is 13.2 Å². The smallest absolute Gasteiger partial charge is 0.338 e. The number of benzene rings is 1. The van der Waals surface area contributed by atoms with Crippen LogP contribution in [-0.4, -0.2) is 51.1 Å². The largest absolute Gasteiger partial charge is 0.449 e. The van der Waals surface area contributed by atoms with E-state index in [4.69, 9.17) is 10.00 Å². The number of carbonyl (C=O) groups excluding carboxylic acids is 2. The van der Waals surface area contributed by atoms with Crippen LogP contribution in [0.25, 0.3) is 0 Å². The molecule has 8 heteroatoms. The van der Waals surface area contributed by atoms with Crippen molar-refractivity contribution < 1.29 is 22.7 Å². The molecule has 0 aliphatic rings. The van der Waals surface area contributed by atoms with Crippen LogP contribution in [0.4, 0.5) is 0 Å². The van der Waals surface area contributed by atoms with Gasteiger partial charge >= 0.3 is 5.97 Å². The molecule has 0 saturated carbocycles. The zero-order valence-corrected chi connectivity index (χ0v) is 14.0. The Bertz CT molecular complexity index is 719. The standard InChI is InChI=1S/C15H18N2O5S/c1-11(14(18)17(2)10-4-9-16)22-15(19)12-5-7-13(8-6-12)23(3,20)21/h5-8,11H,4,10H2,1-3H3/t11-/m1/s1. The van der Waals surface area contributed by atoms with E-state index in [1.807, 2.05) is 6.07 Å². The molecule has 0 spiro atoms.